The van der Waals surface area contributed by atoms with Gasteiger partial charge in [-0.3, -0.25) is 0 Å². The number of rotatable bonds is 6. The Morgan fingerprint density at radius 3 is 1.36 bits per heavy atom. The maximum absolute atomic E-state index is 11.8. The van der Waals surface area contributed by atoms with Crippen molar-refractivity contribution in [3.8, 4) is 11.5 Å². The number of carboxylic acid groups (broad SMARTS) is 2. The highest BCUT2D eigenvalue weighted by Crippen LogP contribution is 2.37. The number of carboxylic acids is 2. The summed E-state index contributed by atoms with van der Waals surface area (Å²) < 4.78 is 0. The van der Waals surface area contributed by atoms with Gasteiger partial charge in [0.25, 0.3) is 0 Å². The van der Waals surface area contributed by atoms with Crippen LogP contribution >= 0.6 is 0 Å². The van der Waals surface area contributed by atoms with Gasteiger partial charge in [-0.15, -0.1) is 0 Å². The topological polar surface area (TPSA) is 115 Å². The number of aromatic hydroxyl groups is 2. The van der Waals surface area contributed by atoms with Gasteiger partial charge in [0.15, 0.2) is 0 Å². The lowest BCUT2D eigenvalue weighted by Crippen LogP contribution is -2.03. The van der Waals surface area contributed by atoms with Crippen molar-refractivity contribution in [1.29, 1.82) is 0 Å². The summed E-state index contributed by atoms with van der Waals surface area (Å²) in [5, 5.41) is 42.7. The largest absolute Gasteiger partial charge is 0.507 e. The lowest BCUT2D eigenvalue weighted by molar-refractivity contribution is 0.0684. The average molecular weight is 444 g/mol. The Hall–Kier alpha value is -4.06. The second kappa shape index (κ2) is 8.47. The molecule has 0 saturated heterocycles. The van der Waals surface area contributed by atoms with E-state index in [-0.39, 0.29) is 29.0 Å². The molecule has 0 spiro atoms. The third kappa shape index (κ3) is 3.84. The van der Waals surface area contributed by atoms with Crippen LogP contribution < -0.4 is 0 Å². The predicted octanol–water partition coefficient (Wildman–Crippen LogP) is 5.52. The molecule has 0 aromatic heterocycles. The van der Waals surface area contributed by atoms with Gasteiger partial charge >= 0.3 is 11.9 Å². The van der Waals surface area contributed by atoms with Gasteiger partial charge in [0.1, 0.15) is 22.6 Å². The summed E-state index contributed by atoms with van der Waals surface area (Å²) in [6.07, 6.45) is 1.70. The first-order chi connectivity index (χ1) is 15.7. The van der Waals surface area contributed by atoms with Crippen LogP contribution in [0, 0.1) is 0 Å². The van der Waals surface area contributed by atoms with Crippen molar-refractivity contribution in [3.05, 3.63) is 81.9 Å². The molecule has 0 bridgehead atoms. The molecular weight excluding hydrogens is 420 g/mol. The maximum atomic E-state index is 11.8. The molecule has 0 fully saturated rings. The summed E-state index contributed by atoms with van der Waals surface area (Å²) in [7, 11) is 0. The summed E-state index contributed by atoms with van der Waals surface area (Å²) in [6, 6.07) is 14.0. The highest BCUT2D eigenvalue weighted by molar-refractivity contribution is 6.09. The van der Waals surface area contributed by atoms with Crippen LogP contribution in [-0.2, 0) is 19.3 Å². The van der Waals surface area contributed by atoms with Crippen LogP contribution in [0.2, 0.25) is 0 Å². The van der Waals surface area contributed by atoms with Gasteiger partial charge in [0.2, 0.25) is 0 Å². The van der Waals surface area contributed by atoms with Crippen molar-refractivity contribution in [2.75, 3.05) is 0 Å². The zero-order chi connectivity index (χ0) is 23.9. The molecule has 0 aliphatic heterocycles. The van der Waals surface area contributed by atoms with Gasteiger partial charge in [-0.2, -0.15) is 0 Å². The Balaban J connectivity index is 1.98. The Labute approximate surface area is 190 Å². The zero-order valence-corrected chi connectivity index (χ0v) is 18.3. The van der Waals surface area contributed by atoms with E-state index in [4.69, 9.17) is 0 Å². The molecule has 4 aromatic rings. The van der Waals surface area contributed by atoms with Crippen molar-refractivity contribution < 1.29 is 30.0 Å². The van der Waals surface area contributed by atoms with Crippen molar-refractivity contribution in [3.63, 3.8) is 0 Å². The molecule has 33 heavy (non-hydrogen) atoms. The van der Waals surface area contributed by atoms with E-state index < -0.39 is 11.9 Å². The van der Waals surface area contributed by atoms with Crippen LogP contribution in [0.25, 0.3) is 21.5 Å². The van der Waals surface area contributed by atoms with E-state index in [2.05, 4.69) is 0 Å². The molecule has 0 aliphatic carbocycles. The van der Waals surface area contributed by atoms with Crippen molar-refractivity contribution in [1.82, 2.24) is 0 Å². The maximum Gasteiger partial charge on any atom is 0.340 e. The zero-order valence-electron chi connectivity index (χ0n) is 18.3. The van der Waals surface area contributed by atoms with E-state index >= 15 is 0 Å². The van der Waals surface area contributed by atoms with E-state index in [9.17, 15) is 30.0 Å². The minimum atomic E-state index is -1.21. The fourth-order valence-electron chi connectivity index (χ4n) is 4.45. The van der Waals surface area contributed by atoms with Gasteiger partial charge in [-0.25, -0.2) is 9.59 Å². The van der Waals surface area contributed by atoms with Gasteiger partial charge in [0.05, 0.1) is 0 Å². The highest BCUT2D eigenvalue weighted by atomic mass is 16.4. The predicted molar refractivity (Wildman–Crippen MR) is 127 cm³/mol. The molecule has 0 aliphatic rings. The molecule has 4 aromatic carbocycles. The minimum absolute atomic E-state index is 0.148. The highest BCUT2D eigenvalue weighted by Gasteiger charge is 2.21. The van der Waals surface area contributed by atoms with E-state index in [1.807, 2.05) is 38.1 Å². The fraction of sp³-hybridized carbons (Fsp3) is 0.185. The van der Waals surface area contributed by atoms with E-state index in [1.54, 1.807) is 12.1 Å². The standard InChI is InChI=1S/C27H24O6/c1-3-14-5-7-18-16(12-22(28)24(26(30)31)20(18)9-14)11-17-13-23(29)25(27(32)33)21-10-15(4-2)6-8-19(17)21/h5-10,12-13,28-29H,3-4,11H2,1-2H3,(H,30,31)(H,32,33). The summed E-state index contributed by atoms with van der Waals surface area (Å²) >= 11 is 0. The second-order valence-corrected chi connectivity index (χ2v) is 8.11. The van der Waals surface area contributed by atoms with Crippen LogP contribution in [0.3, 0.4) is 0 Å². The van der Waals surface area contributed by atoms with Crippen molar-refractivity contribution in [2.24, 2.45) is 0 Å². The molecule has 0 amide bonds. The quantitative estimate of drug-likeness (QED) is 0.311. The fourth-order valence-corrected chi connectivity index (χ4v) is 4.45. The molecule has 168 valence electrons. The molecule has 4 N–H and O–H groups in total. The summed E-state index contributed by atoms with van der Waals surface area (Å²) in [6.45, 7) is 3.93. The van der Waals surface area contributed by atoms with Gasteiger partial charge in [0, 0.05) is 10.8 Å². The normalized spacial score (nSPS) is 11.2. The first-order valence-electron chi connectivity index (χ1n) is 10.8. The third-order valence-electron chi connectivity index (χ3n) is 6.16. The van der Waals surface area contributed by atoms with Gasteiger partial charge in [-0.1, -0.05) is 50.2 Å². The first kappa shape index (κ1) is 22.1. The summed E-state index contributed by atoms with van der Waals surface area (Å²) in [5.41, 5.74) is 2.96. The van der Waals surface area contributed by atoms with Crippen LogP contribution in [0.15, 0.2) is 48.5 Å². The Morgan fingerprint density at radius 1 is 0.636 bits per heavy atom. The molecule has 6 heteroatoms. The monoisotopic (exact) mass is 444 g/mol. The molecular formula is C27H24O6. The number of benzene rings is 4. The van der Waals surface area contributed by atoms with Crippen LogP contribution in [0.5, 0.6) is 11.5 Å². The van der Waals surface area contributed by atoms with Gasteiger partial charge < -0.3 is 20.4 Å². The Kier molecular flexibility index (Phi) is 5.68. The SMILES string of the molecule is CCc1ccc2c(Cc3cc(O)c(C(=O)O)c4cc(CC)ccc34)cc(O)c(C(=O)O)c2c1. The number of hydrogen-bond donors (Lipinski definition) is 4. The number of fused-ring (bicyclic) bond motifs is 2. The molecule has 0 saturated carbocycles. The van der Waals surface area contributed by atoms with E-state index in [0.29, 0.717) is 32.7 Å². The molecule has 4 rings (SSSR count). The number of carbonyl (C=O) groups is 2. The van der Waals surface area contributed by atoms with Crippen molar-refractivity contribution in [2.45, 2.75) is 33.1 Å². The molecule has 6 nitrogen and oxygen atoms in total. The Bertz CT molecular complexity index is 1330. The van der Waals surface area contributed by atoms with Crippen molar-refractivity contribution >= 4 is 33.5 Å². The van der Waals surface area contributed by atoms with Gasteiger partial charge in [-0.05, 0) is 64.4 Å². The summed E-state index contributed by atoms with van der Waals surface area (Å²) in [5.74, 6) is -3.08. The Morgan fingerprint density at radius 2 is 1.03 bits per heavy atom. The number of phenols is 2. The molecule has 0 heterocycles. The number of hydrogen-bond acceptors (Lipinski definition) is 4. The van der Waals surface area contributed by atoms with Crippen LogP contribution in [0.1, 0.15) is 56.8 Å². The lowest BCUT2D eigenvalue weighted by atomic mass is 9.89. The molecule has 0 unspecified atom stereocenters. The first-order valence-corrected chi connectivity index (χ1v) is 10.8. The smallest absolute Gasteiger partial charge is 0.340 e. The van der Waals surface area contributed by atoms with E-state index in [0.717, 1.165) is 24.0 Å². The summed E-state index contributed by atoms with van der Waals surface area (Å²) in [4.78, 5) is 23.7. The molecule has 0 atom stereocenters. The second-order valence-electron chi connectivity index (χ2n) is 8.11. The molecule has 0 radical (unpaired) electrons. The average Bonchev–Trinajstić information content (AvgIpc) is 2.77. The van der Waals surface area contributed by atoms with Crippen LogP contribution in [0.4, 0.5) is 0 Å². The van der Waals surface area contributed by atoms with E-state index in [1.165, 1.54) is 12.1 Å². The third-order valence-corrected chi connectivity index (χ3v) is 6.16. The minimum Gasteiger partial charge on any atom is -0.507 e. The number of aryl methyl sites for hydroxylation is 2. The van der Waals surface area contributed by atoms with Crippen LogP contribution in [-0.4, -0.2) is 32.4 Å². The number of aromatic carboxylic acids is 2. The lowest BCUT2D eigenvalue weighted by Gasteiger charge is -2.16.